The number of likely N-dealkylation sites (N-methyl/N-ethyl adjacent to an activating group) is 1. The predicted molar refractivity (Wildman–Crippen MR) is 62.1 cm³/mol. The van der Waals surface area contributed by atoms with Gasteiger partial charge < -0.3 is 5.32 Å². The third kappa shape index (κ3) is 3.36. The molecule has 0 radical (unpaired) electrons. The van der Waals surface area contributed by atoms with E-state index in [2.05, 4.69) is 64.3 Å². The van der Waals surface area contributed by atoms with Crippen molar-refractivity contribution in [2.24, 2.45) is 0 Å². The Balaban J connectivity index is 2.63. The largest absolute Gasteiger partial charge is 0.316 e. The lowest BCUT2D eigenvalue weighted by Gasteiger charge is -1.94. The van der Waals surface area contributed by atoms with E-state index >= 15 is 0 Å². The summed E-state index contributed by atoms with van der Waals surface area (Å²) in [6, 6.07) is 8.43. The molecule has 0 unspecified atom stereocenters. The minimum absolute atomic E-state index is 0.922. The van der Waals surface area contributed by atoms with Gasteiger partial charge in [-0.3, -0.25) is 0 Å². The molecule has 2 heteroatoms. The molecule has 0 bridgehead atoms. The van der Waals surface area contributed by atoms with Crippen LogP contribution in [-0.4, -0.2) is 13.6 Å². The normalized spacial score (nSPS) is 10.8. The molecule has 0 amide bonds. The Kier molecular flexibility index (Phi) is 4.32. The van der Waals surface area contributed by atoms with Crippen LogP contribution in [0, 0.1) is 3.57 Å². The van der Waals surface area contributed by atoms with E-state index in [1.165, 1.54) is 9.13 Å². The van der Waals surface area contributed by atoms with Crippen LogP contribution in [0.4, 0.5) is 0 Å². The van der Waals surface area contributed by atoms with Gasteiger partial charge in [0.2, 0.25) is 0 Å². The van der Waals surface area contributed by atoms with Gasteiger partial charge in [0, 0.05) is 10.1 Å². The Hall–Kier alpha value is -0.350. The highest BCUT2D eigenvalue weighted by molar-refractivity contribution is 14.1. The molecule has 0 spiro atoms. The Morgan fingerprint density at radius 3 is 3.00 bits per heavy atom. The average Bonchev–Trinajstić information content (AvgIpc) is 2.05. The van der Waals surface area contributed by atoms with Crippen molar-refractivity contribution in [3.63, 3.8) is 0 Å². The van der Waals surface area contributed by atoms with Crippen molar-refractivity contribution in [1.82, 2.24) is 5.32 Å². The first-order valence-electron chi connectivity index (χ1n) is 3.89. The summed E-state index contributed by atoms with van der Waals surface area (Å²) in [5.41, 5.74) is 1.26. The molecule has 0 aliphatic heterocycles. The van der Waals surface area contributed by atoms with E-state index in [9.17, 15) is 0 Å². The second kappa shape index (κ2) is 5.32. The van der Waals surface area contributed by atoms with Crippen molar-refractivity contribution in [3.05, 3.63) is 39.5 Å². The molecule has 1 rings (SSSR count). The van der Waals surface area contributed by atoms with Gasteiger partial charge in [-0.05, 0) is 47.3 Å². The number of halogens is 1. The lowest BCUT2D eigenvalue weighted by atomic mass is 10.2. The van der Waals surface area contributed by atoms with E-state index in [1.54, 1.807) is 0 Å². The Labute approximate surface area is 87.0 Å². The molecule has 0 saturated heterocycles. The molecule has 0 heterocycles. The van der Waals surface area contributed by atoms with Crippen LogP contribution in [0.5, 0.6) is 0 Å². The van der Waals surface area contributed by atoms with Gasteiger partial charge in [-0.15, -0.1) is 0 Å². The number of rotatable bonds is 3. The maximum atomic E-state index is 3.06. The summed E-state index contributed by atoms with van der Waals surface area (Å²) < 4.78 is 1.28. The lowest BCUT2D eigenvalue weighted by molar-refractivity contribution is 0.922. The first-order chi connectivity index (χ1) is 5.83. The third-order valence-corrected chi connectivity index (χ3v) is 2.15. The molecular formula is C10H12IN. The fourth-order valence-electron chi connectivity index (χ4n) is 0.923. The first-order valence-corrected chi connectivity index (χ1v) is 4.97. The molecule has 0 fully saturated rings. The molecule has 1 N–H and O–H groups in total. The fourth-order valence-corrected chi connectivity index (χ4v) is 1.49. The van der Waals surface area contributed by atoms with Crippen LogP contribution in [0.1, 0.15) is 5.56 Å². The minimum atomic E-state index is 0.922. The average molecular weight is 273 g/mol. The monoisotopic (exact) mass is 273 g/mol. The summed E-state index contributed by atoms with van der Waals surface area (Å²) in [4.78, 5) is 0. The van der Waals surface area contributed by atoms with Crippen molar-refractivity contribution < 1.29 is 0 Å². The SMILES string of the molecule is CNC/C=C/c1cccc(I)c1. The van der Waals surface area contributed by atoms with Crippen molar-refractivity contribution in [2.75, 3.05) is 13.6 Å². The van der Waals surface area contributed by atoms with Crippen LogP contribution in [0.25, 0.3) is 6.08 Å². The highest BCUT2D eigenvalue weighted by Crippen LogP contribution is 2.08. The second-order valence-electron chi connectivity index (χ2n) is 2.52. The van der Waals surface area contributed by atoms with Gasteiger partial charge in [-0.1, -0.05) is 24.3 Å². The molecule has 64 valence electrons. The number of nitrogens with one attached hydrogen (secondary N) is 1. The van der Waals surface area contributed by atoms with Crippen molar-refractivity contribution in [3.8, 4) is 0 Å². The van der Waals surface area contributed by atoms with E-state index in [1.807, 2.05) is 7.05 Å². The van der Waals surface area contributed by atoms with E-state index in [0.717, 1.165) is 6.54 Å². The Morgan fingerprint density at radius 2 is 2.33 bits per heavy atom. The molecule has 0 aromatic heterocycles. The minimum Gasteiger partial charge on any atom is -0.316 e. The van der Waals surface area contributed by atoms with Gasteiger partial charge in [0.1, 0.15) is 0 Å². The Morgan fingerprint density at radius 1 is 1.50 bits per heavy atom. The quantitative estimate of drug-likeness (QED) is 0.834. The predicted octanol–water partition coefficient (Wildman–Crippen LogP) is 2.52. The summed E-state index contributed by atoms with van der Waals surface area (Å²) in [7, 11) is 1.94. The van der Waals surface area contributed by atoms with E-state index in [0.29, 0.717) is 0 Å². The number of benzene rings is 1. The zero-order valence-corrected chi connectivity index (χ0v) is 9.21. The van der Waals surface area contributed by atoms with Crippen LogP contribution in [0.15, 0.2) is 30.3 Å². The zero-order valence-electron chi connectivity index (χ0n) is 7.05. The first kappa shape index (κ1) is 9.74. The summed E-state index contributed by atoms with van der Waals surface area (Å²) in [5, 5.41) is 3.06. The van der Waals surface area contributed by atoms with Crippen LogP contribution in [0.3, 0.4) is 0 Å². The fraction of sp³-hybridized carbons (Fsp3) is 0.200. The maximum Gasteiger partial charge on any atom is 0.0136 e. The van der Waals surface area contributed by atoms with Crippen LogP contribution >= 0.6 is 22.6 Å². The molecule has 0 aliphatic carbocycles. The number of hydrogen-bond acceptors (Lipinski definition) is 1. The summed E-state index contributed by atoms with van der Waals surface area (Å²) in [6.45, 7) is 0.922. The van der Waals surface area contributed by atoms with Crippen LogP contribution in [-0.2, 0) is 0 Å². The smallest absolute Gasteiger partial charge is 0.0136 e. The summed E-state index contributed by atoms with van der Waals surface area (Å²) >= 11 is 2.32. The molecule has 1 aromatic rings. The van der Waals surface area contributed by atoms with E-state index in [-0.39, 0.29) is 0 Å². The van der Waals surface area contributed by atoms with Gasteiger partial charge in [-0.25, -0.2) is 0 Å². The van der Waals surface area contributed by atoms with Crippen LogP contribution in [0.2, 0.25) is 0 Å². The van der Waals surface area contributed by atoms with Crippen molar-refractivity contribution in [2.45, 2.75) is 0 Å². The number of hydrogen-bond donors (Lipinski definition) is 1. The molecule has 1 aromatic carbocycles. The van der Waals surface area contributed by atoms with Gasteiger partial charge in [0.15, 0.2) is 0 Å². The molecule has 1 nitrogen and oxygen atoms in total. The van der Waals surface area contributed by atoms with E-state index in [4.69, 9.17) is 0 Å². The maximum absolute atomic E-state index is 3.06. The standard InChI is InChI=1S/C10H12IN/c1-12-7-3-5-9-4-2-6-10(11)8-9/h2-6,8,12H,7H2,1H3/b5-3+. The summed E-state index contributed by atoms with van der Waals surface area (Å²) in [5.74, 6) is 0. The van der Waals surface area contributed by atoms with Crippen molar-refractivity contribution in [1.29, 1.82) is 0 Å². The lowest BCUT2D eigenvalue weighted by Crippen LogP contribution is -2.03. The van der Waals surface area contributed by atoms with Crippen molar-refractivity contribution >= 4 is 28.7 Å². The van der Waals surface area contributed by atoms with E-state index < -0.39 is 0 Å². The molecule has 12 heavy (non-hydrogen) atoms. The second-order valence-corrected chi connectivity index (χ2v) is 3.76. The molecule has 0 aliphatic rings. The van der Waals surface area contributed by atoms with Gasteiger partial charge in [-0.2, -0.15) is 0 Å². The summed E-state index contributed by atoms with van der Waals surface area (Å²) in [6.07, 6.45) is 4.24. The highest BCUT2D eigenvalue weighted by atomic mass is 127. The molecular weight excluding hydrogens is 261 g/mol. The molecule has 0 saturated carbocycles. The van der Waals surface area contributed by atoms with Gasteiger partial charge >= 0.3 is 0 Å². The zero-order chi connectivity index (χ0) is 8.81. The van der Waals surface area contributed by atoms with Crippen LogP contribution < -0.4 is 5.32 Å². The highest BCUT2D eigenvalue weighted by Gasteiger charge is 1.86. The van der Waals surface area contributed by atoms with Gasteiger partial charge in [0.25, 0.3) is 0 Å². The third-order valence-electron chi connectivity index (χ3n) is 1.48. The van der Waals surface area contributed by atoms with Gasteiger partial charge in [0.05, 0.1) is 0 Å². The Bertz CT molecular complexity index is 268. The molecule has 0 atom stereocenters. The topological polar surface area (TPSA) is 12.0 Å².